The summed E-state index contributed by atoms with van der Waals surface area (Å²) in [6.45, 7) is 7.39. The van der Waals surface area contributed by atoms with Crippen LogP contribution in [0.1, 0.15) is 46.8 Å². The summed E-state index contributed by atoms with van der Waals surface area (Å²) < 4.78 is 0. The van der Waals surface area contributed by atoms with Crippen molar-refractivity contribution in [1.29, 1.82) is 0 Å². The van der Waals surface area contributed by atoms with Crippen molar-refractivity contribution in [3.63, 3.8) is 0 Å². The Balaban J connectivity index is 1.25. The largest absolute Gasteiger partial charge is 0.384 e. The molecule has 1 atom stereocenters. The van der Waals surface area contributed by atoms with Crippen molar-refractivity contribution < 1.29 is 19.2 Å². The van der Waals surface area contributed by atoms with Crippen molar-refractivity contribution in [2.45, 2.75) is 45.4 Å². The number of aliphatic imine (C=N–C) groups is 1. The van der Waals surface area contributed by atoms with Crippen LogP contribution in [0.15, 0.2) is 71.9 Å². The van der Waals surface area contributed by atoms with Gasteiger partial charge in [-0.3, -0.25) is 24.7 Å². The summed E-state index contributed by atoms with van der Waals surface area (Å²) in [4.78, 5) is 54.6. The highest BCUT2D eigenvalue weighted by Crippen LogP contribution is 2.28. The molecule has 0 saturated carbocycles. The van der Waals surface area contributed by atoms with E-state index in [4.69, 9.17) is 0 Å². The second kappa shape index (κ2) is 12.7. The molecule has 5 amide bonds. The number of allylic oxidation sites excluding steroid dienone is 2. The van der Waals surface area contributed by atoms with Crippen molar-refractivity contribution in [3.8, 4) is 0 Å². The molecule has 0 aromatic heterocycles. The number of amides is 5. The third-order valence-electron chi connectivity index (χ3n) is 6.49. The van der Waals surface area contributed by atoms with Crippen molar-refractivity contribution in [2.75, 3.05) is 11.9 Å². The molecule has 2 aromatic rings. The van der Waals surface area contributed by atoms with Gasteiger partial charge in [0.1, 0.15) is 6.04 Å². The zero-order valence-electron chi connectivity index (χ0n) is 21.8. The van der Waals surface area contributed by atoms with Gasteiger partial charge in [-0.1, -0.05) is 30.3 Å². The molecule has 1 fully saturated rings. The molecule has 0 radical (unpaired) electrons. The summed E-state index contributed by atoms with van der Waals surface area (Å²) in [7, 11) is 0. The number of anilines is 1. The highest BCUT2D eigenvalue weighted by Gasteiger charge is 2.39. The van der Waals surface area contributed by atoms with Crippen LogP contribution in [0, 0.1) is 0 Å². The quantitative estimate of drug-likeness (QED) is 0.214. The molecule has 0 bridgehead atoms. The fraction of sp³-hybridized carbons (Fsp3) is 0.276. The van der Waals surface area contributed by atoms with Crippen LogP contribution in [-0.4, -0.2) is 47.5 Å². The highest BCUT2D eigenvalue weighted by atomic mass is 16.2. The van der Waals surface area contributed by atoms with E-state index in [1.807, 2.05) is 43.3 Å². The number of hydrogen-bond donors (Lipinski definition) is 4. The molecule has 202 valence electrons. The lowest BCUT2D eigenvalue weighted by atomic mass is 10.0. The summed E-state index contributed by atoms with van der Waals surface area (Å²) in [5.41, 5.74) is 4.89. The minimum absolute atomic E-state index is 0.212. The van der Waals surface area contributed by atoms with E-state index in [2.05, 4.69) is 32.8 Å². The number of nitrogens with zero attached hydrogens (tertiary/aromatic N) is 2. The maximum atomic E-state index is 12.8. The number of piperidine rings is 1. The van der Waals surface area contributed by atoms with Crippen LogP contribution >= 0.6 is 0 Å². The topological polar surface area (TPSA) is 132 Å². The summed E-state index contributed by atoms with van der Waals surface area (Å²) in [5.74, 6) is -0.976. The van der Waals surface area contributed by atoms with E-state index in [1.54, 1.807) is 24.4 Å². The molecule has 0 spiro atoms. The molecule has 1 unspecified atom stereocenters. The predicted octanol–water partition coefficient (Wildman–Crippen LogP) is 3.02. The number of hydrogen-bond acceptors (Lipinski definition) is 6. The second-order valence-electron chi connectivity index (χ2n) is 9.40. The van der Waals surface area contributed by atoms with Gasteiger partial charge in [0.25, 0.3) is 5.91 Å². The number of nitrogens with one attached hydrogen (secondary N) is 4. The Morgan fingerprint density at radius 1 is 1.10 bits per heavy atom. The number of urea groups is 1. The number of carbonyl (C=O) groups is 4. The lowest BCUT2D eigenvalue weighted by molar-refractivity contribution is -0.136. The minimum atomic E-state index is -0.653. The summed E-state index contributed by atoms with van der Waals surface area (Å²) in [5, 5.41) is 11.3. The molecular weight excluding hydrogens is 496 g/mol. The first-order valence-corrected chi connectivity index (χ1v) is 12.8. The predicted molar refractivity (Wildman–Crippen MR) is 149 cm³/mol. The SMILES string of the molecule is C=CCN=C/C=C(\C)NCc1ccc(NC(=O)NCc2ccc3c(c2)CN(C2CCC(=O)NC2=O)C3=O)cc1. The molecule has 2 heterocycles. The van der Waals surface area contributed by atoms with E-state index in [1.165, 1.54) is 4.90 Å². The van der Waals surface area contributed by atoms with Crippen LogP contribution in [0.4, 0.5) is 10.5 Å². The average Bonchev–Trinajstić information content (AvgIpc) is 3.24. The lowest BCUT2D eigenvalue weighted by Gasteiger charge is -2.29. The van der Waals surface area contributed by atoms with Crippen LogP contribution < -0.4 is 21.3 Å². The van der Waals surface area contributed by atoms with Gasteiger partial charge in [0.2, 0.25) is 11.8 Å². The van der Waals surface area contributed by atoms with Crippen LogP contribution in [0.25, 0.3) is 0 Å². The third-order valence-corrected chi connectivity index (χ3v) is 6.49. The molecular formula is C29H32N6O4. The van der Waals surface area contributed by atoms with E-state index < -0.39 is 11.9 Å². The first-order valence-electron chi connectivity index (χ1n) is 12.8. The monoisotopic (exact) mass is 528 g/mol. The minimum Gasteiger partial charge on any atom is -0.384 e. The first kappa shape index (κ1) is 27.3. The van der Waals surface area contributed by atoms with Gasteiger partial charge >= 0.3 is 6.03 Å². The molecule has 2 aliphatic rings. The smallest absolute Gasteiger partial charge is 0.319 e. The Hall–Kier alpha value is -4.73. The van der Waals surface area contributed by atoms with Gasteiger partial charge in [-0.05, 0) is 54.3 Å². The maximum absolute atomic E-state index is 12.8. The van der Waals surface area contributed by atoms with Gasteiger partial charge in [-0.2, -0.15) is 0 Å². The fourth-order valence-electron chi connectivity index (χ4n) is 4.40. The van der Waals surface area contributed by atoms with Gasteiger partial charge in [0.05, 0.1) is 6.54 Å². The number of fused-ring (bicyclic) bond motifs is 1. The summed E-state index contributed by atoms with van der Waals surface area (Å²) in [6, 6.07) is 11.9. The molecule has 1 saturated heterocycles. The highest BCUT2D eigenvalue weighted by molar-refractivity contribution is 6.05. The van der Waals surface area contributed by atoms with Gasteiger partial charge in [0, 0.05) is 49.2 Å². The van der Waals surface area contributed by atoms with Crippen molar-refractivity contribution in [1.82, 2.24) is 20.9 Å². The number of benzene rings is 2. The maximum Gasteiger partial charge on any atom is 0.319 e. The molecule has 4 N–H and O–H groups in total. The molecule has 39 heavy (non-hydrogen) atoms. The molecule has 0 aliphatic carbocycles. The van der Waals surface area contributed by atoms with Gasteiger partial charge < -0.3 is 20.9 Å². The third kappa shape index (κ3) is 7.19. The summed E-state index contributed by atoms with van der Waals surface area (Å²) in [6.07, 6.45) is 5.91. The average molecular weight is 529 g/mol. The van der Waals surface area contributed by atoms with Crippen LogP contribution in [0.3, 0.4) is 0 Å². The van der Waals surface area contributed by atoms with Gasteiger partial charge in [-0.15, -0.1) is 6.58 Å². The normalized spacial score (nSPS) is 17.2. The van der Waals surface area contributed by atoms with Crippen molar-refractivity contribution in [2.24, 2.45) is 4.99 Å². The van der Waals surface area contributed by atoms with Crippen molar-refractivity contribution in [3.05, 3.63) is 89.1 Å². The molecule has 2 aliphatic heterocycles. The Labute approximate surface area is 227 Å². The number of carbonyl (C=O) groups excluding carboxylic acids is 4. The second-order valence-corrected chi connectivity index (χ2v) is 9.40. The van der Waals surface area contributed by atoms with E-state index in [0.29, 0.717) is 37.3 Å². The molecule has 10 heteroatoms. The van der Waals surface area contributed by atoms with Gasteiger partial charge in [0.15, 0.2) is 0 Å². The van der Waals surface area contributed by atoms with E-state index in [9.17, 15) is 19.2 Å². The van der Waals surface area contributed by atoms with E-state index in [0.717, 1.165) is 22.4 Å². The standard InChI is InChI=1S/C29H32N6O4/c1-3-13-30-14-12-19(2)31-16-20-4-7-23(8-5-20)33-29(39)32-17-21-6-9-24-22(15-21)18-35(28(24)38)25-10-11-26(36)34-27(25)37/h3-9,12,14-15,25,31H,1,10-11,13,16-18H2,2H3,(H2,32,33,39)(H,34,36,37)/b19-12+,30-14?. The fourth-order valence-corrected chi connectivity index (χ4v) is 4.40. The van der Waals surface area contributed by atoms with E-state index in [-0.39, 0.29) is 30.8 Å². The number of imide groups is 1. The molecule has 2 aromatic carbocycles. The first-order chi connectivity index (χ1) is 18.8. The zero-order valence-corrected chi connectivity index (χ0v) is 21.8. The summed E-state index contributed by atoms with van der Waals surface area (Å²) >= 11 is 0. The van der Waals surface area contributed by atoms with Crippen LogP contribution in [0.2, 0.25) is 0 Å². The Morgan fingerprint density at radius 3 is 2.59 bits per heavy atom. The Kier molecular flexibility index (Phi) is 8.88. The Morgan fingerprint density at radius 2 is 1.85 bits per heavy atom. The van der Waals surface area contributed by atoms with Gasteiger partial charge in [-0.25, -0.2) is 4.79 Å². The zero-order chi connectivity index (χ0) is 27.8. The Bertz CT molecular complexity index is 1330. The van der Waals surface area contributed by atoms with Crippen LogP contribution in [0.5, 0.6) is 0 Å². The molecule has 10 nitrogen and oxygen atoms in total. The lowest BCUT2D eigenvalue weighted by Crippen LogP contribution is -2.52. The van der Waals surface area contributed by atoms with E-state index >= 15 is 0 Å². The molecule has 4 rings (SSSR count). The number of rotatable bonds is 10. The van der Waals surface area contributed by atoms with Crippen molar-refractivity contribution >= 4 is 35.7 Å². The van der Waals surface area contributed by atoms with Crippen LogP contribution in [-0.2, 0) is 29.2 Å².